The van der Waals surface area contributed by atoms with Crippen LogP contribution in [0.2, 0.25) is 5.02 Å². The van der Waals surface area contributed by atoms with Gasteiger partial charge in [-0.1, -0.05) is 29.9 Å². The third-order valence-electron chi connectivity index (χ3n) is 2.94. The lowest BCUT2D eigenvalue weighted by atomic mass is 10.2. The largest absolute Gasteiger partial charge is 0.483 e. The van der Waals surface area contributed by atoms with Gasteiger partial charge in [-0.15, -0.1) is 0 Å². The fourth-order valence-corrected chi connectivity index (χ4v) is 2.44. The maximum absolute atomic E-state index is 12.0. The lowest BCUT2D eigenvalue weighted by molar-refractivity contribution is -0.137. The molecular formula is C13H15ClN2O3S. The monoisotopic (exact) mass is 314 g/mol. The minimum absolute atomic E-state index is 0.0735. The van der Waals surface area contributed by atoms with Crippen LogP contribution in [0.1, 0.15) is 5.56 Å². The molecule has 1 aliphatic heterocycles. The molecule has 1 fully saturated rings. The summed E-state index contributed by atoms with van der Waals surface area (Å²) in [4.78, 5) is 13.8. The highest BCUT2D eigenvalue weighted by molar-refractivity contribution is 7.80. The van der Waals surface area contributed by atoms with Crippen molar-refractivity contribution in [1.29, 1.82) is 0 Å². The molecule has 1 aromatic rings. The van der Waals surface area contributed by atoms with Gasteiger partial charge in [-0.2, -0.15) is 0 Å². The summed E-state index contributed by atoms with van der Waals surface area (Å²) in [6, 6.07) is 5.08. The van der Waals surface area contributed by atoms with Crippen LogP contribution in [0.3, 0.4) is 0 Å². The summed E-state index contributed by atoms with van der Waals surface area (Å²) in [5, 5.41) is 0.411. The molecule has 0 aliphatic carbocycles. The SMILES string of the molecule is NC(=S)c1c(Cl)cccc1OCC(=O)N1CCOCC1. The van der Waals surface area contributed by atoms with Crippen molar-refractivity contribution in [1.82, 2.24) is 4.90 Å². The molecule has 7 heteroatoms. The van der Waals surface area contributed by atoms with Crippen molar-refractivity contribution in [2.45, 2.75) is 0 Å². The number of hydrogen-bond acceptors (Lipinski definition) is 4. The Morgan fingerprint density at radius 2 is 2.15 bits per heavy atom. The van der Waals surface area contributed by atoms with Gasteiger partial charge in [0.25, 0.3) is 5.91 Å². The van der Waals surface area contributed by atoms with Crippen molar-refractivity contribution >= 4 is 34.7 Å². The first-order valence-electron chi connectivity index (χ1n) is 6.16. The van der Waals surface area contributed by atoms with Gasteiger partial charge in [0.1, 0.15) is 10.7 Å². The first-order valence-corrected chi connectivity index (χ1v) is 6.95. The van der Waals surface area contributed by atoms with Crippen LogP contribution < -0.4 is 10.5 Å². The second kappa shape index (κ2) is 6.88. The third kappa shape index (κ3) is 3.59. The zero-order valence-corrected chi connectivity index (χ0v) is 12.4. The second-order valence-electron chi connectivity index (χ2n) is 4.26. The van der Waals surface area contributed by atoms with Crippen molar-refractivity contribution in [3.8, 4) is 5.75 Å². The van der Waals surface area contributed by atoms with E-state index in [1.165, 1.54) is 0 Å². The molecule has 0 bridgehead atoms. The van der Waals surface area contributed by atoms with Gasteiger partial charge in [0.15, 0.2) is 6.61 Å². The van der Waals surface area contributed by atoms with Gasteiger partial charge in [-0.3, -0.25) is 4.79 Å². The highest BCUT2D eigenvalue weighted by Crippen LogP contribution is 2.26. The van der Waals surface area contributed by atoms with Crippen LogP contribution >= 0.6 is 23.8 Å². The molecule has 2 rings (SSSR count). The maximum Gasteiger partial charge on any atom is 0.260 e. The van der Waals surface area contributed by atoms with Gasteiger partial charge in [-0.05, 0) is 12.1 Å². The number of benzene rings is 1. The number of morpholine rings is 1. The molecule has 0 saturated carbocycles. The smallest absolute Gasteiger partial charge is 0.260 e. The number of thiocarbonyl (C=S) groups is 1. The zero-order chi connectivity index (χ0) is 14.5. The first kappa shape index (κ1) is 15.0. The van der Waals surface area contributed by atoms with Gasteiger partial charge in [0.05, 0.1) is 23.8 Å². The van der Waals surface area contributed by atoms with E-state index in [9.17, 15) is 4.79 Å². The van der Waals surface area contributed by atoms with Crippen molar-refractivity contribution in [3.05, 3.63) is 28.8 Å². The van der Waals surface area contributed by atoms with E-state index < -0.39 is 0 Å². The normalized spacial score (nSPS) is 14.9. The van der Waals surface area contributed by atoms with E-state index in [0.29, 0.717) is 42.6 Å². The molecule has 0 unspecified atom stereocenters. The molecule has 1 heterocycles. The Bertz CT molecular complexity index is 518. The number of nitrogens with two attached hydrogens (primary N) is 1. The number of carbonyl (C=O) groups excluding carboxylic acids is 1. The Labute approximate surface area is 127 Å². The van der Waals surface area contributed by atoms with Crippen LogP contribution in [0.15, 0.2) is 18.2 Å². The Morgan fingerprint density at radius 1 is 1.45 bits per heavy atom. The molecule has 0 aromatic heterocycles. The Hall–Kier alpha value is -1.37. The fourth-order valence-electron chi connectivity index (χ4n) is 1.91. The lowest BCUT2D eigenvalue weighted by Gasteiger charge is -2.26. The third-order valence-corrected chi connectivity index (χ3v) is 3.46. The predicted octanol–water partition coefficient (Wildman–Crippen LogP) is 1.21. The number of carbonyl (C=O) groups is 1. The van der Waals surface area contributed by atoms with Crippen LogP contribution in [0.5, 0.6) is 5.75 Å². The summed E-state index contributed by atoms with van der Waals surface area (Å²) >= 11 is 11.0. The molecule has 1 amide bonds. The van der Waals surface area contributed by atoms with Gasteiger partial charge < -0.3 is 20.1 Å². The summed E-state index contributed by atoms with van der Waals surface area (Å²) in [5.41, 5.74) is 6.08. The van der Waals surface area contributed by atoms with E-state index in [1.54, 1.807) is 23.1 Å². The standard InChI is InChI=1S/C13H15ClN2O3S/c14-9-2-1-3-10(12(9)13(15)20)19-8-11(17)16-4-6-18-7-5-16/h1-3H,4-8H2,(H2,15,20). The minimum Gasteiger partial charge on any atom is -0.483 e. The Balaban J connectivity index is 2.02. The van der Waals surface area contributed by atoms with E-state index in [2.05, 4.69) is 0 Å². The van der Waals surface area contributed by atoms with E-state index in [0.717, 1.165) is 0 Å². The Morgan fingerprint density at radius 3 is 2.80 bits per heavy atom. The number of ether oxygens (including phenoxy) is 2. The van der Waals surface area contributed by atoms with Crippen molar-refractivity contribution in [2.24, 2.45) is 5.73 Å². The molecule has 0 radical (unpaired) electrons. The predicted molar refractivity (Wildman–Crippen MR) is 80.2 cm³/mol. The van der Waals surface area contributed by atoms with E-state index in [1.807, 2.05) is 0 Å². The highest BCUT2D eigenvalue weighted by Gasteiger charge is 2.18. The molecule has 0 spiro atoms. The molecule has 108 valence electrons. The van der Waals surface area contributed by atoms with Crippen LogP contribution in [0.25, 0.3) is 0 Å². The second-order valence-corrected chi connectivity index (χ2v) is 5.11. The topological polar surface area (TPSA) is 64.8 Å². The van der Waals surface area contributed by atoms with Crippen LogP contribution in [-0.4, -0.2) is 48.7 Å². The molecule has 1 aromatic carbocycles. The van der Waals surface area contributed by atoms with Gasteiger partial charge in [0.2, 0.25) is 0 Å². The molecule has 1 saturated heterocycles. The van der Waals surface area contributed by atoms with E-state index >= 15 is 0 Å². The van der Waals surface area contributed by atoms with E-state index in [4.69, 9.17) is 39.0 Å². The Kier molecular flexibility index (Phi) is 5.17. The minimum atomic E-state index is -0.0952. The summed E-state index contributed by atoms with van der Waals surface area (Å²) < 4.78 is 10.7. The number of halogens is 1. The number of hydrogen-bond donors (Lipinski definition) is 1. The molecular weight excluding hydrogens is 300 g/mol. The van der Waals surface area contributed by atoms with Crippen LogP contribution in [-0.2, 0) is 9.53 Å². The van der Waals surface area contributed by atoms with Gasteiger partial charge in [0, 0.05) is 13.1 Å². The molecule has 2 N–H and O–H groups in total. The van der Waals surface area contributed by atoms with Crippen LogP contribution in [0.4, 0.5) is 0 Å². The number of amides is 1. The average Bonchev–Trinajstić information content (AvgIpc) is 2.45. The lowest BCUT2D eigenvalue weighted by Crippen LogP contribution is -2.43. The number of rotatable bonds is 4. The highest BCUT2D eigenvalue weighted by atomic mass is 35.5. The van der Waals surface area contributed by atoms with Crippen molar-refractivity contribution in [2.75, 3.05) is 32.9 Å². The quantitative estimate of drug-likeness (QED) is 0.846. The summed E-state index contributed by atoms with van der Waals surface area (Å²) in [7, 11) is 0. The van der Waals surface area contributed by atoms with Crippen molar-refractivity contribution < 1.29 is 14.3 Å². The molecule has 1 aliphatic rings. The molecule has 20 heavy (non-hydrogen) atoms. The van der Waals surface area contributed by atoms with Gasteiger partial charge in [-0.25, -0.2) is 0 Å². The summed E-state index contributed by atoms with van der Waals surface area (Å²) in [6.07, 6.45) is 0. The van der Waals surface area contributed by atoms with Gasteiger partial charge >= 0.3 is 0 Å². The maximum atomic E-state index is 12.0. The first-order chi connectivity index (χ1) is 9.59. The molecule has 0 atom stereocenters. The zero-order valence-electron chi connectivity index (χ0n) is 10.8. The summed E-state index contributed by atoms with van der Waals surface area (Å²) in [6.45, 7) is 2.21. The fraction of sp³-hybridized carbons (Fsp3) is 0.385. The van der Waals surface area contributed by atoms with E-state index in [-0.39, 0.29) is 17.5 Å². The summed E-state index contributed by atoms with van der Waals surface area (Å²) in [5.74, 6) is 0.328. The molecule has 5 nitrogen and oxygen atoms in total. The average molecular weight is 315 g/mol. The number of nitrogens with zero attached hydrogens (tertiary/aromatic N) is 1. The van der Waals surface area contributed by atoms with Crippen molar-refractivity contribution in [3.63, 3.8) is 0 Å². The van der Waals surface area contributed by atoms with Crippen LogP contribution in [0, 0.1) is 0 Å².